The molecular formula is C30H25F2N5O6S. The number of halogens is 2. The monoisotopic (exact) mass is 621 g/mol. The Labute approximate surface area is 252 Å². The fourth-order valence-electron chi connectivity index (χ4n) is 4.32. The molecule has 4 N–H and O–H groups in total. The summed E-state index contributed by atoms with van der Waals surface area (Å²) in [7, 11) is 1.14. The first-order chi connectivity index (χ1) is 21.1. The number of carbonyl (C=O) groups excluding carboxylic acids is 1. The Hall–Kier alpha value is -5.37. The lowest BCUT2D eigenvalue weighted by Gasteiger charge is -2.19. The highest BCUT2D eigenvalue weighted by molar-refractivity contribution is 7.85. The lowest BCUT2D eigenvalue weighted by Crippen LogP contribution is -2.24. The summed E-state index contributed by atoms with van der Waals surface area (Å²) in [5.74, 6) is -5.28. The van der Waals surface area contributed by atoms with E-state index < -0.39 is 45.8 Å². The van der Waals surface area contributed by atoms with Gasteiger partial charge >= 0.3 is 5.97 Å². The van der Waals surface area contributed by atoms with Crippen molar-refractivity contribution in [1.82, 2.24) is 9.88 Å². The molecule has 4 aromatic rings. The van der Waals surface area contributed by atoms with E-state index in [0.29, 0.717) is 25.1 Å². The van der Waals surface area contributed by atoms with Gasteiger partial charge in [-0.25, -0.2) is 18.4 Å². The van der Waals surface area contributed by atoms with Gasteiger partial charge in [0.1, 0.15) is 17.4 Å². The average molecular weight is 622 g/mol. The third kappa shape index (κ3) is 5.92. The standard InChI is InChI=1S/C30H25F2N5O6S/c1-37-12-11-35-28(37)19-14-17(44(40)24-6-4-3-5-18(24)30(39)41-2)8-10-22(19)42-26-20(31)15-36-29(25(26)32)43-23-13-16(27(33)34)7-9-21(23)38/h3-10,13-15,38H,11-12H2,1-2H3,(H3,33,34). The minimum Gasteiger partial charge on any atom is -0.504 e. The van der Waals surface area contributed by atoms with Crippen LogP contribution in [-0.4, -0.2) is 64.1 Å². The maximum absolute atomic E-state index is 15.6. The number of aliphatic imine (C=N–C) groups is 1. The average Bonchev–Trinajstić information content (AvgIpc) is 3.46. The summed E-state index contributed by atoms with van der Waals surface area (Å²) in [6, 6.07) is 14.4. The van der Waals surface area contributed by atoms with Gasteiger partial charge in [0.15, 0.2) is 17.3 Å². The first kappa shape index (κ1) is 30.1. The van der Waals surface area contributed by atoms with E-state index in [-0.39, 0.29) is 43.8 Å². The molecule has 0 saturated heterocycles. The number of phenols is 1. The van der Waals surface area contributed by atoms with Gasteiger partial charge in [0.05, 0.1) is 46.7 Å². The van der Waals surface area contributed by atoms with Gasteiger partial charge in [-0.05, 0) is 48.5 Å². The van der Waals surface area contributed by atoms with Crippen molar-refractivity contribution in [3.8, 4) is 28.9 Å². The van der Waals surface area contributed by atoms with Gasteiger partial charge < -0.3 is 30.0 Å². The van der Waals surface area contributed by atoms with Crippen LogP contribution in [-0.2, 0) is 15.5 Å². The SMILES string of the molecule is COC(=O)c1ccccc1S(=O)c1ccc(Oc2c(F)cnc(Oc3cc(C(=N)N)ccc3O)c2F)c(C2=NCCN2C)c1. The second kappa shape index (κ2) is 12.5. The van der Waals surface area contributed by atoms with Crippen molar-refractivity contribution in [3.63, 3.8) is 0 Å². The number of nitrogen functional groups attached to an aromatic ring is 1. The number of nitrogens with one attached hydrogen (secondary N) is 1. The van der Waals surface area contributed by atoms with Crippen molar-refractivity contribution in [1.29, 1.82) is 5.41 Å². The van der Waals surface area contributed by atoms with E-state index in [2.05, 4.69) is 9.98 Å². The molecular weight excluding hydrogens is 596 g/mol. The van der Waals surface area contributed by atoms with Crippen LogP contribution in [0.3, 0.4) is 0 Å². The maximum Gasteiger partial charge on any atom is 0.339 e. The number of nitrogens with zero attached hydrogens (tertiary/aromatic N) is 3. The number of nitrogens with two attached hydrogens (primary N) is 1. The molecule has 0 spiro atoms. The molecule has 0 radical (unpaired) electrons. The number of rotatable bonds is 9. The molecule has 1 atom stereocenters. The van der Waals surface area contributed by atoms with E-state index in [1.807, 2.05) is 0 Å². The molecule has 0 aliphatic carbocycles. The van der Waals surface area contributed by atoms with Crippen LogP contribution in [0.1, 0.15) is 21.5 Å². The van der Waals surface area contributed by atoms with Gasteiger partial charge in [0.25, 0.3) is 5.88 Å². The number of esters is 1. The fourth-order valence-corrected chi connectivity index (χ4v) is 5.54. The largest absolute Gasteiger partial charge is 0.504 e. The zero-order valence-electron chi connectivity index (χ0n) is 23.3. The molecule has 1 aliphatic rings. The first-order valence-corrected chi connectivity index (χ1v) is 14.1. The van der Waals surface area contributed by atoms with E-state index in [9.17, 15) is 18.5 Å². The van der Waals surface area contributed by atoms with Crippen LogP contribution >= 0.6 is 0 Å². The highest BCUT2D eigenvalue weighted by Crippen LogP contribution is 2.38. The molecule has 1 aromatic heterocycles. The van der Waals surface area contributed by atoms with Gasteiger partial charge in [-0.2, -0.15) is 4.39 Å². The highest BCUT2D eigenvalue weighted by Gasteiger charge is 2.26. The van der Waals surface area contributed by atoms with E-state index in [0.717, 1.165) is 0 Å². The predicted molar refractivity (Wildman–Crippen MR) is 156 cm³/mol. The molecule has 226 valence electrons. The molecule has 11 nitrogen and oxygen atoms in total. The summed E-state index contributed by atoms with van der Waals surface area (Å²) in [6.07, 6.45) is 0.686. The van der Waals surface area contributed by atoms with E-state index in [1.165, 1.54) is 49.6 Å². The number of ether oxygens (including phenoxy) is 3. The number of carbonyl (C=O) groups is 1. The smallest absolute Gasteiger partial charge is 0.339 e. The Morgan fingerprint density at radius 1 is 1.09 bits per heavy atom. The van der Waals surface area contributed by atoms with Gasteiger partial charge in [-0.3, -0.25) is 10.4 Å². The van der Waals surface area contributed by atoms with Crippen molar-refractivity contribution in [2.24, 2.45) is 10.7 Å². The summed E-state index contributed by atoms with van der Waals surface area (Å²) in [5, 5.41) is 17.7. The second-order valence-electron chi connectivity index (χ2n) is 9.40. The van der Waals surface area contributed by atoms with Gasteiger partial charge in [0, 0.05) is 24.1 Å². The zero-order valence-corrected chi connectivity index (χ0v) is 24.2. The van der Waals surface area contributed by atoms with Crippen LogP contribution in [0.2, 0.25) is 0 Å². The quantitative estimate of drug-likeness (QED) is 0.138. The number of aromatic hydroxyl groups is 1. The van der Waals surface area contributed by atoms with Crippen LogP contribution in [0, 0.1) is 17.0 Å². The number of phenolic OH excluding ortho intramolecular Hbond substituents is 1. The predicted octanol–water partition coefficient (Wildman–Crippen LogP) is 4.58. The summed E-state index contributed by atoms with van der Waals surface area (Å²) in [4.78, 5) is 22.7. The van der Waals surface area contributed by atoms with Crippen LogP contribution in [0.15, 0.2) is 81.6 Å². The zero-order chi connectivity index (χ0) is 31.5. The Balaban J connectivity index is 1.54. The molecule has 1 aliphatic heterocycles. The van der Waals surface area contributed by atoms with Crippen molar-refractivity contribution in [3.05, 3.63) is 95.2 Å². The fraction of sp³-hybridized carbons (Fsp3) is 0.133. The van der Waals surface area contributed by atoms with Gasteiger partial charge in [0.2, 0.25) is 11.6 Å². The number of methoxy groups -OCH3 is 1. The van der Waals surface area contributed by atoms with Crippen molar-refractivity contribution < 1.29 is 37.1 Å². The molecule has 0 amide bonds. The van der Waals surface area contributed by atoms with Gasteiger partial charge in [-0.1, -0.05) is 12.1 Å². The molecule has 5 rings (SSSR count). The topological polar surface area (TPSA) is 160 Å². The Morgan fingerprint density at radius 2 is 1.86 bits per heavy atom. The summed E-state index contributed by atoms with van der Waals surface area (Å²) in [5.41, 5.74) is 6.09. The number of hydrogen-bond acceptors (Lipinski definition) is 10. The summed E-state index contributed by atoms with van der Waals surface area (Å²) < 4.78 is 60.2. The molecule has 0 bridgehead atoms. The minimum absolute atomic E-state index is 0.0177. The summed E-state index contributed by atoms with van der Waals surface area (Å²) >= 11 is 0. The van der Waals surface area contributed by atoms with Crippen molar-refractivity contribution in [2.75, 3.05) is 27.2 Å². The molecule has 2 heterocycles. The van der Waals surface area contributed by atoms with Crippen LogP contribution in [0.25, 0.3) is 0 Å². The molecule has 1 unspecified atom stereocenters. The number of benzene rings is 3. The number of pyridine rings is 1. The second-order valence-corrected chi connectivity index (χ2v) is 10.8. The summed E-state index contributed by atoms with van der Waals surface area (Å²) in [6.45, 7) is 1.01. The molecule has 0 saturated carbocycles. The maximum atomic E-state index is 15.6. The Kier molecular flexibility index (Phi) is 8.53. The van der Waals surface area contributed by atoms with Crippen LogP contribution in [0.4, 0.5) is 8.78 Å². The molecule has 0 fully saturated rings. The van der Waals surface area contributed by atoms with Crippen molar-refractivity contribution >= 4 is 28.4 Å². The highest BCUT2D eigenvalue weighted by atomic mass is 32.2. The lowest BCUT2D eigenvalue weighted by atomic mass is 10.1. The Morgan fingerprint density at radius 3 is 2.57 bits per heavy atom. The van der Waals surface area contributed by atoms with E-state index in [1.54, 1.807) is 30.1 Å². The van der Waals surface area contributed by atoms with Crippen molar-refractivity contribution in [2.45, 2.75) is 9.79 Å². The first-order valence-electron chi connectivity index (χ1n) is 12.9. The normalized spacial score (nSPS) is 13.3. The minimum atomic E-state index is -1.86. The molecule has 44 heavy (non-hydrogen) atoms. The Bertz CT molecular complexity index is 1850. The third-order valence-corrected chi connectivity index (χ3v) is 7.98. The number of aromatic nitrogens is 1. The third-order valence-electron chi connectivity index (χ3n) is 6.55. The molecule has 14 heteroatoms. The molecule has 3 aromatic carbocycles. The van der Waals surface area contributed by atoms with Crippen LogP contribution < -0.4 is 15.2 Å². The van der Waals surface area contributed by atoms with E-state index in [4.69, 9.17) is 25.4 Å². The lowest BCUT2D eigenvalue weighted by molar-refractivity contribution is 0.0596. The number of hydrogen-bond donors (Lipinski definition) is 3. The number of amidine groups is 2. The van der Waals surface area contributed by atoms with Gasteiger partial charge in [-0.15, -0.1) is 0 Å². The van der Waals surface area contributed by atoms with Crippen LogP contribution in [0.5, 0.6) is 28.9 Å². The van der Waals surface area contributed by atoms with E-state index >= 15 is 4.39 Å². The number of likely N-dealkylation sites (N-methyl/N-ethyl adjacent to an activating group) is 1.